The van der Waals surface area contributed by atoms with Crippen LogP contribution in [0.3, 0.4) is 0 Å². The molecule has 0 spiro atoms. The molecule has 7 nitrogen and oxygen atoms in total. The first-order chi connectivity index (χ1) is 12.7. The molecule has 0 amide bonds. The lowest BCUT2D eigenvalue weighted by atomic mass is 9.77. The summed E-state index contributed by atoms with van der Waals surface area (Å²) in [6.45, 7) is 17.5. The maximum absolute atomic E-state index is 12.6. The van der Waals surface area contributed by atoms with Gasteiger partial charge < -0.3 is 15.5 Å². The number of aromatic amines is 1. The normalized spacial score (nSPS) is 26.3. The van der Waals surface area contributed by atoms with Crippen molar-refractivity contribution in [1.29, 1.82) is 0 Å². The molecule has 3 rings (SSSR count). The summed E-state index contributed by atoms with van der Waals surface area (Å²) >= 11 is 0. The van der Waals surface area contributed by atoms with Crippen LogP contribution < -0.4 is 21.2 Å². The fourth-order valence-corrected chi connectivity index (χ4v) is 6.04. The zero-order chi connectivity index (χ0) is 21.1. The number of H-pyrrole nitrogens is 1. The van der Waals surface area contributed by atoms with E-state index in [2.05, 4.69) is 75.2 Å². The number of anilines is 2. The van der Waals surface area contributed by atoms with Crippen LogP contribution in [0.1, 0.15) is 87.5 Å². The smallest absolute Gasteiger partial charge is 0.332 e. The van der Waals surface area contributed by atoms with E-state index in [1.807, 2.05) is 0 Å². The summed E-state index contributed by atoms with van der Waals surface area (Å²) < 4.78 is 0. The maximum Gasteiger partial charge on any atom is 0.351 e. The van der Waals surface area contributed by atoms with E-state index in [9.17, 15) is 4.79 Å². The van der Waals surface area contributed by atoms with Crippen molar-refractivity contribution in [3.63, 3.8) is 0 Å². The maximum atomic E-state index is 12.6. The van der Waals surface area contributed by atoms with Crippen molar-refractivity contribution in [3.05, 3.63) is 10.5 Å². The Kier molecular flexibility index (Phi) is 4.85. The van der Waals surface area contributed by atoms with E-state index in [0.29, 0.717) is 11.9 Å². The van der Waals surface area contributed by atoms with Crippen LogP contribution in [0.15, 0.2) is 4.79 Å². The lowest BCUT2D eigenvalue weighted by molar-refractivity contribution is 0.214. The van der Waals surface area contributed by atoms with Crippen LogP contribution in [-0.4, -0.2) is 43.1 Å². The third-order valence-corrected chi connectivity index (χ3v) is 6.56. The Bertz CT molecular complexity index is 760. The van der Waals surface area contributed by atoms with Crippen LogP contribution in [0.25, 0.3) is 0 Å². The van der Waals surface area contributed by atoms with E-state index in [4.69, 9.17) is 10.7 Å². The van der Waals surface area contributed by atoms with Crippen molar-refractivity contribution < 1.29 is 0 Å². The van der Waals surface area contributed by atoms with Crippen LogP contribution >= 0.6 is 0 Å². The van der Waals surface area contributed by atoms with Gasteiger partial charge in [0.2, 0.25) is 11.9 Å². The van der Waals surface area contributed by atoms with Gasteiger partial charge in [-0.1, -0.05) is 0 Å². The van der Waals surface area contributed by atoms with Gasteiger partial charge in [-0.25, -0.2) is 4.79 Å². The Morgan fingerprint density at radius 3 is 1.86 bits per heavy atom. The third kappa shape index (κ3) is 3.65. The van der Waals surface area contributed by atoms with Gasteiger partial charge in [0.1, 0.15) is 0 Å². The molecule has 2 fully saturated rings. The molecular formula is C21H38N6O. The largest absolute Gasteiger partial charge is 0.351 e. The number of nitrogens with zero attached hydrogens (tertiary/aromatic N) is 4. The first-order valence-corrected chi connectivity index (χ1v) is 10.5. The summed E-state index contributed by atoms with van der Waals surface area (Å²) in [5.74, 6) is 1.11. The monoisotopic (exact) mass is 390 g/mol. The van der Waals surface area contributed by atoms with Crippen LogP contribution in [0, 0.1) is 0 Å². The number of aromatic nitrogens is 3. The summed E-state index contributed by atoms with van der Waals surface area (Å²) in [5.41, 5.74) is 5.33. The van der Waals surface area contributed by atoms with Gasteiger partial charge >= 0.3 is 5.69 Å². The highest BCUT2D eigenvalue weighted by molar-refractivity contribution is 5.47. The van der Waals surface area contributed by atoms with Gasteiger partial charge in [0, 0.05) is 28.2 Å². The highest BCUT2D eigenvalue weighted by atomic mass is 16.1. The zero-order valence-corrected chi connectivity index (χ0v) is 18.9. The Morgan fingerprint density at radius 2 is 1.36 bits per heavy atom. The second-order valence-electron chi connectivity index (χ2n) is 11.2. The van der Waals surface area contributed by atoms with Crippen molar-refractivity contribution >= 4 is 11.9 Å². The Balaban J connectivity index is 2.13. The highest BCUT2D eigenvalue weighted by Gasteiger charge is 2.47. The number of rotatable bonds is 2. The number of hydrogen-bond donors (Lipinski definition) is 2. The summed E-state index contributed by atoms with van der Waals surface area (Å²) in [7, 11) is 0. The molecule has 0 saturated carbocycles. The van der Waals surface area contributed by atoms with Crippen molar-refractivity contribution in [1.82, 2.24) is 15.0 Å². The van der Waals surface area contributed by atoms with Gasteiger partial charge in [-0.05, 0) is 87.5 Å². The standard InChI is InChI=1S/C21H38N6O/c1-18(2)10-9-11-19(3,4)26(18)15-23-16(25-17(28)24-15)27-20(5,6)12-14(22)13-21(27,7)8/h14H,9-13,22H2,1-8H3,(H,23,24,25,28). The van der Waals surface area contributed by atoms with E-state index in [-0.39, 0.29) is 33.9 Å². The van der Waals surface area contributed by atoms with Crippen molar-refractivity contribution in [2.24, 2.45) is 5.73 Å². The van der Waals surface area contributed by atoms with E-state index >= 15 is 0 Å². The molecule has 158 valence electrons. The minimum atomic E-state index is -0.348. The van der Waals surface area contributed by atoms with E-state index in [0.717, 1.165) is 32.1 Å². The molecule has 3 N–H and O–H groups in total. The van der Waals surface area contributed by atoms with Gasteiger partial charge in [0.15, 0.2) is 0 Å². The molecule has 3 heterocycles. The molecule has 28 heavy (non-hydrogen) atoms. The van der Waals surface area contributed by atoms with Crippen molar-refractivity contribution in [3.8, 4) is 0 Å². The fraction of sp³-hybridized carbons (Fsp3) is 0.857. The topological polar surface area (TPSA) is 91.1 Å². The first-order valence-electron chi connectivity index (χ1n) is 10.5. The summed E-state index contributed by atoms with van der Waals surface area (Å²) in [5, 5.41) is 0. The lowest BCUT2D eigenvalue weighted by Gasteiger charge is -2.55. The molecule has 1 aromatic heterocycles. The van der Waals surface area contributed by atoms with Gasteiger partial charge in [-0.15, -0.1) is 0 Å². The molecule has 2 aliphatic heterocycles. The highest BCUT2D eigenvalue weighted by Crippen LogP contribution is 2.42. The fourth-order valence-electron chi connectivity index (χ4n) is 6.04. The van der Waals surface area contributed by atoms with Crippen LogP contribution in [0.4, 0.5) is 11.9 Å². The molecule has 0 radical (unpaired) electrons. The van der Waals surface area contributed by atoms with Crippen molar-refractivity contribution in [2.75, 3.05) is 9.80 Å². The summed E-state index contributed by atoms with van der Waals surface area (Å²) in [6, 6.07) is 0.134. The minimum Gasteiger partial charge on any atom is -0.332 e. The average Bonchev–Trinajstić information content (AvgIpc) is 2.40. The first kappa shape index (κ1) is 21.1. The summed E-state index contributed by atoms with van der Waals surface area (Å²) in [4.78, 5) is 29.3. The second kappa shape index (κ2) is 6.44. The number of nitrogens with two attached hydrogens (primary N) is 1. The molecule has 7 heteroatoms. The second-order valence-corrected chi connectivity index (χ2v) is 11.2. The van der Waals surface area contributed by atoms with Crippen LogP contribution in [0.5, 0.6) is 0 Å². The quantitative estimate of drug-likeness (QED) is 0.806. The molecule has 0 atom stereocenters. The number of hydrogen-bond acceptors (Lipinski definition) is 6. The van der Waals surface area contributed by atoms with Gasteiger partial charge in [-0.3, -0.25) is 4.98 Å². The number of piperidine rings is 2. The van der Waals surface area contributed by atoms with Crippen molar-refractivity contribution in [2.45, 2.75) is 116 Å². The van der Waals surface area contributed by atoms with E-state index in [1.54, 1.807) is 0 Å². The average molecular weight is 391 g/mol. The third-order valence-electron chi connectivity index (χ3n) is 6.56. The van der Waals surface area contributed by atoms with Crippen LogP contribution in [-0.2, 0) is 0 Å². The Morgan fingerprint density at radius 1 is 0.857 bits per heavy atom. The molecule has 0 aromatic carbocycles. The van der Waals surface area contributed by atoms with E-state index in [1.165, 1.54) is 0 Å². The molecule has 2 saturated heterocycles. The molecular weight excluding hydrogens is 352 g/mol. The van der Waals surface area contributed by atoms with Gasteiger partial charge in [-0.2, -0.15) is 9.97 Å². The van der Waals surface area contributed by atoms with Crippen LogP contribution in [0.2, 0.25) is 0 Å². The summed E-state index contributed by atoms with van der Waals surface area (Å²) in [6.07, 6.45) is 4.96. The molecule has 0 unspecified atom stereocenters. The Hall–Kier alpha value is -1.63. The SMILES string of the molecule is CC1(C)CCCC(C)(C)N1c1nc(N2C(C)(C)CC(N)CC2(C)C)[nH]c(=O)n1. The van der Waals surface area contributed by atoms with Gasteiger partial charge in [0.05, 0.1) is 0 Å². The molecule has 0 bridgehead atoms. The Labute approximate surface area is 169 Å². The molecule has 2 aliphatic rings. The number of nitrogens with one attached hydrogen (secondary N) is 1. The van der Waals surface area contributed by atoms with Gasteiger partial charge in [0.25, 0.3) is 0 Å². The predicted octanol–water partition coefficient (Wildman–Crippen LogP) is 3.20. The molecule has 0 aliphatic carbocycles. The minimum absolute atomic E-state index is 0.109. The predicted molar refractivity (Wildman–Crippen MR) is 115 cm³/mol. The lowest BCUT2D eigenvalue weighted by Crippen LogP contribution is -2.64. The zero-order valence-electron chi connectivity index (χ0n) is 18.9. The molecule has 1 aromatic rings. The van der Waals surface area contributed by atoms with E-state index < -0.39 is 0 Å².